The Bertz CT molecular complexity index is 491. The fourth-order valence-electron chi connectivity index (χ4n) is 2.35. The van der Waals surface area contributed by atoms with E-state index in [2.05, 4.69) is 18.2 Å². The van der Waals surface area contributed by atoms with Crippen molar-refractivity contribution in [1.82, 2.24) is 4.90 Å². The second-order valence-corrected chi connectivity index (χ2v) is 6.19. The number of hydrogen-bond acceptors (Lipinski definition) is 3. The highest BCUT2D eigenvalue weighted by atomic mass is 16.6. The summed E-state index contributed by atoms with van der Waals surface area (Å²) >= 11 is 0. The third kappa shape index (κ3) is 3.73. The number of hydrogen-bond donors (Lipinski definition) is 0. The van der Waals surface area contributed by atoms with E-state index >= 15 is 0 Å². The summed E-state index contributed by atoms with van der Waals surface area (Å²) in [5, 5.41) is 0. The van der Waals surface area contributed by atoms with Crippen LogP contribution in [0.2, 0.25) is 0 Å². The molecule has 0 radical (unpaired) electrons. The van der Waals surface area contributed by atoms with Gasteiger partial charge in [0.25, 0.3) is 0 Å². The van der Waals surface area contributed by atoms with E-state index in [4.69, 9.17) is 9.47 Å². The fraction of sp³-hybridized carbons (Fsp3) is 0.562. The van der Waals surface area contributed by atoms with Crippen molar-refractivity contribution >= 4 is 6.09 Å². The van der Waals surface area contributed by atoms with Crippen molar-refractivity contribution in [3.05, 3.63) is 34.9 Å². The standard InChI is InChI=1S/C16H23NO3/c1-16(2,3)20-15(18)17-8-7-13-6-5-12(11-19-4)9-14(13)10-17/h5-6,9H,7-8,10-11H2,1-4H3. The number of amides is 1. The summed E-state index contributed by atoms with van der Waals surface area (Å²) < 4.78 is 10.6. The molecule has 0 saturated carbocycles. The van der Waals surface area contributed by atoms with E-state index in [-0.39, 0.29) is 6.09 Å². The van der Waals surface area contributed by atoms with Crippen LogP contribution in [-0.2, 0) is 29.0 Å². The molecule has 1 aliphatic rings. The second-order valence-electron chi connectivity index (χ2n) is 6.19. The van der Waals surface area contributed by atoms with Gasteiger partial charge in [-0.15, -0.1) is 0 Å². The van der Waals surface area contributed by atoms with Crippen LogP contribution in [0.4, 0.5) is 4.79 Å². The number of ether oxygens (including phenoxy) is 2. The molecule has 0 unspecified atom stereocenters. The molecule has 110 valence electrons. The zero-order chi connectivity index (χ0) is 14.8. The molecule has 4 nitrogen and oxygen atoms in total. The van der Waals surface area contributed by atoms with Gasteiger partial charge in [0.1, 0.15) is 5.60 Å². The molecule has 1 aromatic carbocycles. The molecule has 0 spiro atoms. The zero-order valence-electron chi connectivity index (χ0n) is 12.7. The average molecular weight is 277 g/mol. The van der Waals surface area contributed by atoms with Crippen LogP contribution in [0.1, 0.15) is 37.5 Å². The number of fused-ring (bicyclic) bond motifs is 1. The summed E-state index contributed by atoms with van der Waals surface area (Å²) in [6, 6.07) is 6.34. The summed E-state index contributed by atoms with van der Waals surface area (Å²) in [6.07, 6.45) is 0.641. The van der Waals surface area contributed by atoms with Crippen LogP contribution in [-0.4, -0.2) is 30.2 Å². The van der Waals surface area contributed by atoms with E-state index < -0.39 is 5.60 Å². The molecule has 20 heavy (non-hydrogen) atoms. The molecular formula is C16H23NO3. The number of carbonyl (C=O) groups is 1. The topological polar surface area (TPSA) is 38.8 Å². The molecule has 0 atom stereocenters. The number of methoxy groups -OCH3 is 1. The van der Waals surface area contributed by atoms with Gasteiger partial charge in [0.2, 0.25) is 0 Å². The summed E-state index contributed by atoms with van der Waals surface area (Å²) in [4.78, 5) is 13.9. The van der Waals surface area contributed by atoms with Gasteiger partial charge < -0.3 is 14.4 Å². The minimum Gasteiger partial charge on any atom is -0.444 e. The molecule has 1 heterocycles. The molecule has 2 rings (SSSR count). The van der Waals surface area contributed by atoms with Crippen molar-refractivity contribution in [3.8, 4) is 0 Å². The Balaban J connectivity index is 2.09. The molecule has 0 saturated heterocycles. The fourth-order valence-corrected chi connectivity index (χ4v) is 2.35. The summed E-state index contributed by atoms with van der Waals surface area (Å²) in [5.41, 5.74) is 3.19. The maximum Gasteiger partial charge on any atom is 0.410 e. The third-order valence-electron chi connectivity index (χ3n) is 3.25. The highest BCUT2D eigenvalue weighted by molar-refractivity contribution is 5.68. The van der Waals surface area contributed by atoms with Crippen LogP contribution in [0.25, 0.3) is 0 Å². The lowest BCUT2D eigenvalue weighted by molar-refractivity contribution is 0.0224. The van der Waals surface area contributed by atoms with Crippen LogP contribution in [0.15, 0.2) is 18.2 Å². The van der Waals surface area contributed by atoms with Crippen molar-refractivity contribution in [2.45, 2.75) is 45.9 Å². The quantitative estimate of drug-likeness (QED) is 0.833. The normalized spacial score (nSPS) is 14.9. The Morgan fingerprint density at radius 3 is 2.70 bits per heavy atom. The van der Waals surface area contributed by atoms with E-state index in [1.807, 2.05) is 20.8 Å². The van der Waals surface area contributed by atoms with E-state index in [1.54, 1.807) is 12.0 Å². The van der Waals surface area contributed by atoms with Gasteiger partial charge in [0.05, 0.1) is 6.61 Å². The molecule has 1 aliphatic heterocycles. The highest BCUT2D eigenvalue weighted by Crippen LogP contribution is 2.22. The molecule has 0 aliphatic carbocycles. The van der Waals surface area contributed by atoms with Gasteiger partial charge in [-0.1, -0.05) is 18.2 Å². The highest BCUT2D eigenvalue weighted by Gasteiger charge is 2.25. The number of benzene rings is 1. The summed E-state index contributed by atoms with van der Waals surface area (Å²) in [5.74, 6) is 0. The number of rotatable bonds is 2. The van der Waals surface area contributed by atoms with Gasteiger partial charge in [-0.25, -0.2) is 4.79 Å². The molecule has 1 aromatic rings. The van der Waals surface area contributed by atoms with Crippen LogP contribution < -0.4 is 0 Å². The number of nitrogens with zero attached hydrogens (tertiary/aromatic N) is 1. The third-order valence-corrected chi connectivity index (χ3v) is 3.25. The smallest absolute Gasteiger partial charge is 0.410 e. The Hall–Kier alpha value is -1.55. The maximum atomic E-state index is 12.1. The minimum atomic E-state index is -0.449. The second kappa shape index (κ2) is 5.83. The first kappa shape index (κ1) is 14.9. The van der Waals surface area contributed by atoms with Gasteiger partial charge in [-0.2, -0.15) is 0 Å². The van der Waals surface area contributed by atoms with E-state index in [1.165, 1.54) is 11.1 Å². The van der Waals surface area contributed by atoms with Crippen LogP contribution in [0.3, 0.4) is 0 Å². The van der Waals surface area contributed by atoms with E-state index in [0.717, 1.165) is 12.0 Å². The lowest BCUT2D eigenvalue weighted by Crippen LogP contribution is -2.39. The minimum absolute atomic E-state index is 0.236. The van der Waals surface area contributed by atoms with Crippen molar-refractivity contribution < 1.29 is 14.3 Å². The zero-order valence-corrected chi connectivity index (χ0v) is 12.7. The molecule has 4 heteroatoms. The van der Waals surface area contributed by atoms with E-state index in [9.17, 15) is 4.79 Å². The Labute approximate surface area is 120 Å². The van der Waals surface area contributed by atoms with Crippen molar-refractivity contribution in [2.24, 2.45) is 0 Å². The SMILES string of the molecule is COCc1ccc2c(c1)CN(C(=O)OC(C)(C)C)CC2. The van der Waals surface area contributed by atoms with Crippen molar-refractivity contribution in [1.29, 1.82) is 0 Å². The largest absolute Gasteiger partial charge is 0.444 e. The number of carbonyl (C=O) groups excluding carboxylic acids is 1. The average Bonchev–Trinajstić information content (AvgIpc) is 2.36. The first-order valence-corrected chi connectivity index (χ1v) is 6.96. The van der Waals surface area contributed by atoms with Crippen molar-refractivity contribution in [3.63, 3.8) is 0 Å². The van der Waals surface area contributed by atoms with Gasteiger partial charge in [-0.05, 0) is 43.9 Å². The molecule has 0 fully saturated rings. The first-order valence-electron chi connectivity index (χ1n) is 6.96. The lowest BCUT2D eigenvalue weighted by atomic mass is 9.98. The van der Waals surface area contributed by atoms with E-state index in [0.29, 0.717) is 19.7 Å². The molecule has 0 aromatic heterocycles. The molecule has 0 bridgehead atoms. The first-order chi connectivity index (χ1) is 9.39. The van der Waals surface area contributed by atoms with Gasteiger partial charge in [0.15, 0.2) is 0 Å². The van der Waals surface area contributed by atoms with Gasteiger partial charge in [-0.3, -0.25) is 0 Å². The Morgan fingerprint density at radius 1 is 1.30 bits per heavy atom. The molecule has 0 N–H and O–H groups in total. The molecule has 1 amide bonds. The Morgan fingerprint density at radius 2 is 2.05 bits per heavy atom. The lowest BCUT2D eigenvalue weighted by Gasteiger charge is -2.31. The van der Waals surface area contributed by atoms with Gasteiger partial charge >= 0.3 is 6.09 Å². The van der Waals surface area contributed by atoms with Crippen LogP contribution in [0.5, 0.6) is 0 Å². The molecular weight excluding hydrogens is 254 g/mol. The van der Waals surface area contributed by atoms with Crippen molar-refractivity contribution in [2.75, 3.05) is 13.7 Å². The Kier molecular flexibility index (Phi) is 4.33. The van der Waals surface area contributed by atoms with Crippen LogP contribution in [0, 0.1) is 0 Å². The van der Waals surface area contributed by atoms with Gasteiger partial charge in [0, 0.05) is 20.2 Å². The summed E-state index contributed by atoms with van der Waals surface area (Å²) in [6.45, 7) is 7.59. The predicted molar refractivity (Wildman–Crippen MR) is 77.5 cm³/mol. The predicted octanol–water partition coefficient (Wildman–Crippen LogP) is 3.13. The summed E-state index contributed by atoms with van der Waals surface area (Å²) in [7, 11) is 1.69. The van der Waals surface area contributed by atoms with Crippen LogP contribution >= 0.6 is 0 Å². The maximum absolute atomic E-state index is 12.1. The monoisotopic (exact) mass is 277 g/mol.